The molecule has 0 radical (unpaired) electrons. The molecule has 0 fully saturated rings. The van der Waals surface area contributed by atoms with Crippen LogP contribution in [-0.2, 0) is 19.5 Å². The molecule has 0 aliphatic heterocycles. The van der Waals surface area contributed by atoms with Crippen LogP contribution in [0.25, 0.3) is 11.1 Å². The van der Waals surface area contributed by atoms with Gasteiger partial charge in [0.05, 0.1) is 0 Å². The molecule has 2 aromatic carbocycles. The van der Waals surface area contributed by atoms with Crippen molar-refractivity contribution in [2.75, 3.05) is 0 Å². The Morgan fingerprint density at radius 2 is 0.786 bits per heavy atom. The minimum Gasteiger partial charge on any atom is -0.358 e. The maximum Gasteiger partial charge on any atom is 0 e. The summed E-state index contributed by atoms with van der Waals surface area (Å²) in [5.74, 6) is 0. The zero-order chi connectivity index (χ0) is 8.23. The molecule has 0 saturated heterocycles. The van der Waals surface area contributed by atoms with E-state index in [-0.39, 0.29) is 26.9 Å². The Morgan fingerprint density at radius 3 is 1.07 bits per heavy atom. The number of benzene rings is 2. The third-order valence-electron chi connectivity index (χ3n) is 1.88. The second-order valence-corrected chi connectivity index (χ2v) is 2.73. The van der Waals surface area contributed by atoms with Crippen LogP contribution >= 0.6 is 0 Å². The van der Waals surface area contributed by atoms with Crippen molar-refractivity contribution in [3.63, 3.8) is 0 Å². The Morgan fingerprint density at radius 1 is 0.500 bits per heavy atom. The molecule has 0 aliphatic rings. The molecule has 2 rings (SSSR count). The van der Waals surface area contributed by atoms with E-state index >= 15 is 0 Å². The molecule has 1 heteroatoms. The summed E-state index contributed by atoms with van der Waals surface area (Å²) in [6.45, 7) is 0. The topological polar surface area (TPSA) is 0 Å². The van der Waals surface area contributed by atoms with Crippen molar-refractivity contribution >= 4 is 0 Å². The minimum absolute atomic E-state index is 0. The molecule has 0 nitrogen and oxygen atoms in total. The first kappa shape index (κ1) is 13.1. The van der Waals surface area contributed by atoms with E-state index in [1.807, 2.05) is 12.1 Å². The van der Waals surface area contributed by atoms with Crippen LogP contribution in [0.1, 0.15) is 0 Å². The van der Waals surface area contributed by atoms with Gasteiger partial charge < -0.3 is 7.43 Å². The maximum absolute atomic E-state index is 2.12. The molecule has 0 bridgehead atoms. The van der Waals surface area contributed by atoms with Crippen molar-refractivity contribution in [3.8, 4) is 11.1 Å². The van der Waals surface area contributed by atoms with Gasteiger partial charge in [-0.3, -0.25) is 0 Å². The minimum atomic E-state index is 0. The fraction of sp³-hybridized carbons (Fsp3) is 0. The SMILES string of the molecule is [CH3-].[Zn].c1ccc(-c2ccccc2)cc1. The van der Waals surface area contributed by atoms with E-state index in [1.165, 1.54) is 11.1 Å². The van der Waals surface area contributed by atoms with Crippen LogP contribution in [0.5, 0.6) is 0 Å². The van der Waals surface area contributed by atoms with E-state index in [4.69, 9.17) is 0 Å². The Bertz CT molecular complexity index is 303. The van der Waals surface area contributed by atoms with Crippen molar-refractivity contribution in [1.29, 1.82) is 0 Å². The monoisotopic (exact) mass is 233 g/mol. The summed E-state index contributed by atoms with van der Waals surface area (Å²) < 4.78 is 0. The van der Waals surface area contributed by atoms with Gasteiger partial charge in [0, 0.05) is 19.5 Å². The van der Waals surface area contributed by atoms with Gasteiger partial charge in [-0.05, 0) is 11.1 Å². The molecule has 68 valence electrons. The zero-order valence-corrected chi connectivity index (χ0v) is 11.4. The van der Waals surface area contributed by atoms with Gasteiger partial charge in [0.1, 0.15) is 0 Å². The molecule has 0 saturated carbocycles. The fourth-order valence-corrected chi connectivity index (χ4v) is 1.26. The standard InChI is InChI=1S/C12H10.CH3.Zn/c1-3-7-11(8-4-1)12-9-5-2-6-10-12;;/h1-10H;1H3;/q;-1;. The smallest absolute Gasteiger partial charge is 0 e. The van der Waals surface area contributed by atoms with E-state index in [2.05, 4.69) is 48.5 Å². The summed E-state index contributed by atoms with van der Waals surface area (Å²) in [7, 11) is 0. The average molecular weight is 235 g/mol. The van der Waals surface area contributed by atoms with E-state index in [9.17, 15) is 0 Å². The second kappa shape index (κ2) is 6.51. The van der Waals surface area contributed by atoms with Gasteiger partial charge in [-0.2, -0.15) is 0 Å². The Balaban J connectivity index is 0.000000845. The predicted molar refractivity (Wildman–Crippen MR) is 58.3 cm³/mol. The summed E-state index contributed by atoms with van der Waals surface area (Å²) in [4.78, 5) is 0. The van der Waals surface area contributed by atoms with Gasteiger partial charge in [0.2, 0.25) is 0 Å². The Hall–Kier alpha value is -0.937. The van der Waals surface area contributed by atoms with Crippen molar-refractivity contribution < 1.29 is 19.5 Å². The van der Waals surface area contributed by atoms with Crippen LogP contribution in [0.4, 0.5) is 0 Å². The molecule has 0 N–H and O–H groups in total. The van der Waals surface area contributed by atoms with E-state index < -0.39 is 0 Å². The van der Waals surface area contributed by atoms with Gasteiger partial charge in [0.15, 0.2) is 0 Å². The van der Waals surface area contributed by atoms with E-state index in [0.29, 0.717) is 0 Å². The summed E-state index contributed by atoms with van der Waals surface area (Å²) in [6.07, 6.45) is 0. The summed E-state index contributed by atoms with van der Waals surface area (Å²) in [6, 6.07) is 20.8. The first-order chi connectivity index (χ1) is 5.97. The molecule has 0 aromatic heterocycles. The molecule has 0 unspecified atom stereocenters. The second-order valence-electron chi connectivity index (χ2n) is 2.73. The van der Waals surface area contributed by atoms with Crippen LogP contribution in [0.2, 0.25) is 0 Å². The summed E-state index contributed by atoms with van der Waals surface area (Å²) in [5.41, 5.74) is 2.55. The molecular formula is C13H13Zn-. The van der Waals surface area contributed by atoms with Gasteiger partial charge >= 0.3 is 0 Å². The zero-order valence-electron chi connectivity index (χ0n) is 8.48. The third kappa shape index (κ3) is 3.08. The summed E-state index contributed by atoms with van der Waals surface area (Å²) in [5, 5.41) is 0. The van der Waals surface area contributed by atoms with Crippen LogP contribution < -0.4 is 0 Å². The predicted octanol–water partition coefficient (Wildman–Crippen LogP) is 3.80. The van der Waals surface area contributed by atoms with Gasteiger partial charge in [-0.1, -0.05) is 60.7 Å². The van der Waals surface area contributed by atoms with E-state index in [0.717, 1.165) is 0 Å². The fourth-order valence-electron chi connectivity index (χ4n) is 1.26. The maximum atomic E-state index is 2.12. The van der Waals surface area contributed by atoms with E-state index in [1.54, 1.807) is 0 Å². The molecular weight excluding hydrogens is 222 g/mol. The largest absolute Gasteiger partial charge is 0.358 e. The number of rotatable bonds is 1. The number of hydrogen-bond donors (Lipinski definition) is 0. The normalized spacial score (nSPS) is 8.29. The third-order valence-corrected chi connectivity index (χ3v) is 1.88. The first-order valence-corrected chi connectivity index (χ1v) is 4.07. The Kier molecular flexibility index (Phi) is 6.07. The van der Waals surface area contributed by atoms with Crippen molar-refractivity contribution in [2.45, 2.75) is 0 Å². The molecule has 0 spiro atoms. The van der Waals surface area contributed by atoms with Crippen LogP contribution in [-0.4, -0.2) is 0 Å². The van der Waals surface area contributed by atoms with Crippen LogP contribution in [0.15, 0.2) is 60.7 Å². The van der Waals surface area contributed by atoms with Crippen molar-refractivity contribution in [3.05, 3.63) is 68.1 Å². The molecule has 0 heterocycles. The van der Waals surface area contributed by atoms with Crippen LogP contribution in [0.3, 0.4) is 0 Å². The average Bonchev–Trinajstić information content (AvgIpc) is 2.21. The Labute approximate surface area is 98.7 Å². The van der Waals surface area contributed by atoms with Gasteiger partial charge in [-0.25, -0.2) is 0 Å². The molecule has 14 heavy (non-hydrogen) atoms. The quantitative estimate of drug-likeness (QED) is 0.520. The molecule has 0 amide bonds. The van der Waals surface area contributed by atoms with Gasteiger partial charge in [0.25, 0.3) is 0 Å². The van der Waals surface area contributed by atoms with Crippen LogP contribution in [0, 0.1) is 7.43 Å². The van der Waals surface area contributed by atoms with Crippen molar-refractivity contribution in [2.24, 2.45) is 0 Å². The van der Waals surface area contributed by atoms with Crippen molar-refractivity contribution in [1.82, 2.24) is 0 Å². The number of hydrogen-bond acceptors (Lipinski definition) is 0. The summed E-state index contributed by atoms with van der Waals surface area (Å²) >= 11 is 0. The molecule has 2 aromatic rings. The van der Waals surface area contributed by atoms with Gasteiger partial charge in [-0.15, -0.1) is 0 Å². The molecule has 0 aliphatic carbocycles. The molecule has 0 atom stereocenters. The first-order valence-electron chi connectivity index (χ1n) is 4.07.